The first kappa shape index (κ1) is 19.2. The maximum Gasteiger partial charge on any atom is 0.270 e. The van der Waals surface area contributed by atoms with Gasteiger partial charge in [0, 0.05) is 0 Å². The van der Waals surface area contributed by atoms with Crippen molar-refractivity contribution in [3.63, 3.8) is 0 Å². The molecule has 0 radical (unpaired) electrons. The number of halogens is 1. The SMILES string of the molecule is COc1cc(/C=C2/SC(=S)N(c3ccccc3F)C2=O)cc(OC)c1OC. The molecule has 0 aromatic heterocycles. The van der Waals surface area contributed by atoms with E-state index >= 15 is 0 Å². The summed E-state index contributed by atoms with van der Waals surface area (Å²) in [5, 5.41) is 0. The summed E-state index contributed by atoms with van der Waals surface area (Å²) in [5.41, 5.74) is 0.798. The van der Waals surface area contributed by atoms with Crippen molar-refractivity contribution in [3.8, 4) is 17.2 Å². The average molecular weight is 405 g/mol. The van der Waals surface area contributed by atoms with Crippen LogP contribution in [0.25, 0.3) is 6.08 Å². The van der Waals surface area contributed by atoms with E-state index in [9.17, 15) is 9.18 Å². The lowest BCUT2D eigenvalue weighted by atomic mass is 10.1. The Balaban J connectivity index is 2.00. The van der Waals surface area contributed by atoms with Crippen LogP contribution in [0.4, 0.5) is 10.1 Å². The van der Waals surface area contributed by atoms with Gasteiger partial charge in [-0.05, 0) is 35.9 Å². The molecular formula is C19H16FNO4S2. The third-order valence-electron chi connectivity index (χ3n) is 3.87. The summed E-state index contributed by atoms with van der Waals surface area (Å²) in [6, 6.07) is 9.45. The number of hydrogen-bond acceptors (Lipinski definition) is 6. The standard InChI is InChI=1S/C19H16FNO4S2/c1-23-14-8-11(9-15(24-2)17(14)25-3)10-16-18(22)21(19(26)27-16)13-7-5-4-6-12(13)20/h4-10H,1-3H3/b16-10+. The summed E-state index contributed by atoms with van der Waals surface area (Å²) >= 11 is 6.39. The predicted octanol–water partition coefficient (Wildman–Crippen LogP) is 4.26. The highest BCUT2D eigenvalue weighted by Crippen LogP contribution is 2.41. The van der Waals surface area contributed by atoms with Crippen molar-refractivity contribution in [2.75, 3.05) is 26.2 Å². The molecule has 1 aliphatic heterocycles. The molecule has 0 spiro atoms. The molecule has 1 saturated heterocycles. The van der Waals surface area contributed by atoms with Crippen molar-refractivity contribution >= 4 is 46.0 Å². The van der Waals surface area contributed by atoms with Crippen LogP contribution in [0, 0.1) is 5.82 Å². The minimum absolute atomic E-state index is 0.133. The number of nitrogens with zero attached hydrogens (tertiary/aromatic N) is 1. The maximum absolute atomic E-state index is 14.1. The van der Waals surface area contributed by atoms with E-state index in [-0.39, 0.29) is 15.9 Å². The molecular weight excluding hydrogens is 389 g/mol. The van der Waals surface area contributed by atoms with Crippen molar-refractivity contribution in [2.24, 2.45) is 0 Å². The fourth-order valence-electron chi connectivity index (χ4n) is 2.64. The Bertz CT molecular complexity index is 920. The second-order valence-corrected chi connectivity index (χ2v) is 7.10. The van der Waals surface area contributed by atoms with E-state index in [0.717, 1.165) is 11.8 Å². The van der Waals surface area contributed by atoms with E-state index in [1.54, 1.807) is 30.3 Å². The number of carbonyl (C=O) groups excluding carboxylic acids is 1. The van der Waals surface area contributed by atoms with Crippen LogP contribution in [0.5, 0.6) is 17.2 Å². The number of rotatable bonds is 5. The number of carbonyl (C=O) groups is 1. The number of methoxy groups -OCH3 is 3. The molecule has 3 rings (SSSR count). The molecule has 5 nitrogen and oxygen atoms in total. The quantitative estimate of drug-likeness (QED) is 0.547. The fraction of sp³-hybridized carbons (Fsp3) is 0.158. The highest BCUT2D eigenvalue weighted by Gasteiger charge is 2.34. The Kier molecular flexibility index (Phi) is 5.67. The molecule has 1 aliphatic rings. The first-order valence-electron chi connectivity index (χ1n) is 7.82. The highest BCUT2D eigenvalue weighted by molar-refractivity contribution is 8.27. The van der Waals surface area contributed by atoms with Crippen LogP contribution in [-0.4, -0.2) is 31.6 Å². The molecule has 1 fully saturated rings. The molecule has 0 saturated carbocycles. The number of anilines is 1. The molecule has 8 heteroatoms. The lowest BCUT2D eigenvalue weighted by Gasteiger charge is -2.15. The van der Waals surface area contributed by atoms with Gasteiger partial charge in [0.2, 0.25) is 5.75 Å². The number of ether oxygens (including phenoxy) is 3. The van der Waals surface area contributed by atoms with E-state index in [2.05, 4.69) is 0 Å². The first-order valence-corrected chi connectivity index (χ1v) is 9.05. The zero-order chi connectivity index (χ0) is 19.6. The van der Waals surface area contributed by atoms with Gasteiger partial charge in [0.1, 0.15) is 5.82 Å². The van der Waals surface area contributed by atoms with E-state index in [1.807, 2.05) is 0 Å². The van der Waals surface area contributed by atoms with Gasteiger partial charge in [0.25, 0.3) is 5.91 Å². The zero-order valence-corrected chi connectivity index (χ0v) is 16.4. The number of hydrogen-bond donors (Lipinski definition) is 0. The Morgan fingerprint density at radius 3 is 2.26 bits per heavy atom. The van der Waals surface area contributed by atoms with Crippen molar-refractivity contribution in [1.29, 1.82) is 0 Å². The van der Waals surface area contributed by atoms with Gasteiger partial charge in [0.05, 0.1) is 31.9 Å². The Hall–Kier alpha value is -2.58. The lowest BCUT2D eigenvalue weighted by Crippen LogP contribution is -2.28. The summed E-state index contributed by atoms with van der Waals surface area (Å²) in [4.78, 5) is 14.4. The number of para-hydroxylation sites is 1. The third-order valence-corrected chi connectivity index (χ3v) is 5.17. The van der Waals surface area contributed by atoms with Crippen LogP contribution in [0.3, 0.4) is 0 Å². The van der Waals surface area contributed by atoms with Crippen LogP contribution < -0.4 is 19.1 Å². The monoisotopic (exact) mass is 405 g/mol. The van der Waals surface area contributed by atoms with Gasteiger partial charge in [-0.1, -0.05) is 36.1 Å². The molecule has 140 valence electrons. The van der Waals surface area contributed by atoms with Crippen LogP contribution in [0.1, 0.15) is 5.56 Å². The van der Waals surface area contributed by atoms with Gasteiger partial charge in [-0.25, -0.2) is 4.39 Å². The number of amides is 1. The molecule has 0 aliphatic carbocycles. The largest absolute Gasteiger partial charge is 0.493 e. The van der Waals surface area contributed by atoms with Crippen LogP contribution in [0.2, 0.25) is 0 Å². The van der Waals surface area contributed by atoms with Crippen LogP contribution >= 0.6 is 24.0 Å². The molecule has 1 heterocycles. The smallest absolute Gasteiger partial charge is 0.270 e. The molecule has 2 aromatic rings. The Labute approximate surface area is 165 Å². The third kappa shape index (κ3) is 3.63. The number of thiocarbonyl (C=S) groups is 1. The van der Waals surface area contributed by atoms with Gasteiger partial charge in [-0.15, -0.1) is 0 Å². The molecule has 0 N–H and O–H groups in total. The van der Waals surface area contributed by atoms with E-state index in [4.69, 9.17) is 26.4 Å². The first-order chi connectivity index (χ1) is 13.0. The lowest BCUT2D eigenvalue weighted by molar-refractivity contribution is -0.113. The topological polar surface area (TPSA) is 48.0 Å². The number of benzene rings is 2. The Morgan fingerprint density at radius 1 is 1.07 bits per heavy atom. The zero-order valence-electron chi connectivity index (χ0n) is 14.8. The average Bonchev–Trinajstić information content (AvgIpc) is 2.94. The van der Waals surface area contributed by atoms with Crippen LogP contribution in [0.15, 0.2) is 41.3 Å². The fourth-order valence-corrected chi connectivity index (χ4v) is 3.93. The summed E-state index contributed by atoms with van der Waals surface area (Å²) < 4.78 is 30.3. The van der Waals surface area contributed by atoms with Gasteiger partial charge < -0.3 is 14.2 Å². The second-order valence-electron chi connectivity index (χ2n) is 5.43. The molecule has 27 heavy (non-hydrogen) atoms. The summed E-state index contributed by atoms with van der Waals surface area (Å²) in [6.45, 7) is 0. The van der Waals surface area contributed by atoms with Crippen molar-refractivity contribution in [2.45, 2.75) is 0 Å². The van der Waals surface area contributed by atoms with Crippen LogP contribution in [-0.2, 0) is 4.79 Å². The Morgan fingerprint density at radius 2 is 1.70 bits per heavy atom. The minimum atomic E-state index is -0.511. The maximum atomic E-state index is 14.1. The van der Waals surface area contributed by atoms with E-state index in [0.29, 0.717) is 27.7 Å². The van der Waals surface area contributed by atoms with Crippen molar-refractivity contribution in [3.05, 3.63) is 52.7 Å². The van der Waals surface area contributed by atoms with Crippen molar-refractivity contribution < 1.29 is 23.4 Å². The van der Waals surface area contributed by atoms with Gasteiger partial charge in [-0.2, -0.15) is 0 Å². The summed E-state index contributed by atoms with van der Waals surface area (Å²) in [6.07, 6.45) is 1.66. The second kappa shape index (κ2) is 7.98. The molecule has 1 amide bonds. The minimum Gasteiger partial charge on any atom is -0.493 e. The predicted molar refractivity (Wildman–Crippen MR) is 108 cm³/mol. The van der Waals surface area contributed by atoms with E-state index < -0.39 is 5.82 Å². The molecule has 0 unspecified atom stereocenters. The molecule has 0 bridgehead atoms. The highest BCUT2D eigenvalue weighted by atomic mass is 32.2. The van der Waals surface area contributed by atoms with Gasteiger partial charge in [-0.3, -0.25) is 9.69 Å². The molecule has 2 aromatic carbocycles. The molecule has 0 atom stereocenters. The summed E-state index contributed by atoms with van der Waals surface area (Å²) in [5.74, 6) is 0.489. The van der Waals surface area contributed by atoms with Crippen molar-refractivity contribution in [1.82, 2.24) is 0 Å². The van der Waals surface area contributed by atoms with E-state index in [1.165, 1.54) is 38.4 Å². The normalized spacial score (nSPS) is 15.4. The van der Waals surface area contributed by atoms with Gasteiger partial charge >= 0.3 is 0 Å². The van der Waals surface area contributed by atoms with Gasteiger partial charge in [0.15, 0.2) is 15.8 Å². The summed E-state index contributed by atoms with van der Waals surface area (Å²) in [7, 11) is 4.54. The number of thioether (sulfide) groups is 1.